The smallest absolute Gasteiger partial charge is 0.335 e. The molecule has 0 bridgehead atoms. The molecule has 3 rings (SSSR count). The van der Waals surface area contributed by atoms with E-state index in [2.05, 4.69) is 42.5 Å². The van der Waals surface area contributed by atoms with Crippen LogP contribution in [0.5, 0.6) is 0 Å². The summed E-state index contributed by atoms with van der Waals surface area (Å²) in [5, 5.41) is 23.6. The van der Waals surface area contributed by atoms with Crippen LogP contribution in [-0.4, -0.2) is 33.7 Å². The van der Waals surface area contributed by atoms with Crippen molar-refractivity contribution in [2.45, 2.75) is 0 Å². The summed E-state index contributed by atoms with van der Waals surface area (Å²) in [7, 11) is 0. The number of nitrogens with one attached hydrogen (secondary N) is 2. The molecule has 0 saturated heterocycles. The number of Topliss-reactive ketones (excluding diaryl/α,β-unsaturated/α-hetero) is 2. The first-order chi connectivity index (χ1) is 14.2. The Bertz CT molecular complexity index is 1040. The number of rotatable bonds is 6. The molecule has 30 heavy (non-hydrogen) atoms. The predicted molar refractivity (Wildman–Crippen MR) is 116 cm³/mol. The summed E-state index contributed by atoms with van der Waals surface area (Å²) >= 11 is 6.30. The molecule has 10 heteroatoms. The van der Waals surface area contributed by atoms with Crippen molar-refractivity contribution in [1.29, 1.82) is 0 Å². The van der Waals surface area contributed by atoms with Crippen LogP contribution in [0, 0.1) is 0 Å². The van der Waals surface area contributed by atoms with Crippen molar-refractivity contribution in [3.63, 3.8) is 0 Å². The zero-order valence-electron chi connectivity index (χ0n) is 14.9. The number of aromatic carboxylic acids is 2. The number of benzene rings is 2. The van der Waals surface area contributed by atoms with Crippen LogP contribution < -0.4 is 10.6 Å². The number of hydrogen-bond donors (Lipinski definition) is 4. The molecule has 1 aliphatic carbocycles. The van der Waals surface area contributed by atoms with Crippen LogP contribution in [0.4, 0.5) is 11.4 Å². The fourth-order valence-corrected chi connectivity index (χ4v) is 3.51. The number of halogens is 2. The highest BCUT2D eigenvalue weighted by molar-refractivity contribution is 9.12. The number of hydrogen-bond acceptors (Lipinski definition) is 6. The Kier molecular flexibility index (Phi) is 6.18. The summed E-state index contributed by atoms with van der Waals surface area (Å²) < 4.78 is -0.0228. The average molecular weight is 536 g/mol. The summed E-state index contributed by atoms with van der Waals surface area (Å²) in [6, 6.07) is 11.4. The van der Waals surface area contributed by atoms with Crippen LogP contribution in [0.15, 0.2) is 68.9 Å². The molecule has 0 amide bonds. The van der Waals surface area contributed by atoms with Crippen molar-refractivity contribution in [2.75, 3.05) is 10.6 Å². The molecule has 0 atom stereocenters. The molecule has 0 spiro atoms. The van der Waals surface area contributed by atoms with Crippen LogP contribution in [0.3, 0.4) is 0 Å². The first-order valence-corrected chi connectivity index (χ1v) is 9.87. The number of carboxylic acid groups (broad SMARTS) is 2. The third-order valence-electron chi connectivity index (χ3n) is 4.09. The summed E-state index contributed by atoms with van der Waals surface area (Å²) in [5.74, 6) is -3.17. The number of anilines is 2. The number of carboxylic acids is 2. The van der Waals surface area contributed by atoms with E-state index in [1.54, 1.807) is 0 Å². The quantitative estimate of drug-likeness (QED) is 0.408. The van der Waals surface area contributed by atoms with Gasteiger partial charge in [-0.25, -0.2) is 9.59 Å². The molecule has 0 aromatic heterocycles. The first kappa shape index (κ1) is 21.5. The van der Waals surface area contributed by atoms with Crippen LogP contribution in [0.25, 0.3) is 0 Å². The number of allylic oxidation sites excluding steroid dienone is 2. The van der Waals surface area contributed by atoms with E-state index < -0.39 is 23.5 Å². The minimum absolute atomic E-state index is 0.0114. The fourth-order valence-electron chi connectivity index (χ4n) is 2.55. The van der Waals surface area contributed by atoms with Crippen molar-refractivity contribution in [2.24, 2.45) is 0 Å². The molecule has 0 unspecified atom stereocenters. The molecule has 8 nitrogen and oxygen atoms in total. The van der Waals surface area contributed by atoms with Gasteiger partial charge in [-0.15, -0.1) is 0 Å². The maximum absolute atomic E-state index is 12.8. The second-order valence-electron chi connectivity index (χ2n) is 6.05. The number of carbonyl (C=O) groups excluding carboxylic acids is 2. The maximum Gasteiger partial charge on any atom is 0.335 e. The minimum Gasteiger partial charge on any atom is -0.478 e. The summed E-state index contributed by atoms with van der Waals surface area (Å²) in [6.07, 6.45) is 0. The van der Waals surface area contributed by atoms with Gasteiger partial charge in [0.1, 0.15) is 11.4 Å². The Labute approximate surface area is 186 Å². The lowest BCUT2D eigenvalue weighted by molar-refractivity contribution is -0.115. The highest BCUT2D eigenvalue weighted by Crippen LogP contribution is 2.33. The van der Waals surface area contributed by atoms with Crippen molar-refractivity contribution in [1.82, 2.24) is 0 Å². The lowest BCUT2D eigenvalue weighted by Gasteiger charge is -2.20. The molecule has 0 saturated carbocycles. The van der Waals surface area contributed by atoms with Gasteiger partial charge in [0.05, 0.1) is 20.1 Å². The molecule has 0 heterocycles. The third kappa shape index (κ3) is 4.34. The van der Waals surface area contributed by atoms with Crippen molar-refractivity contribution < 1.29 is 29.4 Å². The van der Waals surface area contributed by atoms with E-state index in [1.165, 1.54) is 48.5 Å². The molecule has 2 aromatic carbocycles. The molecule has 152 valence electrons. The molecule has 0 fully saturated rings. The average Bonchev–Trinajstić information content (AvgIpc) is 2.73. The van der Waals surface area contributed by atoms with E-state index >= 15 is 0 Å². The molecule has 0 aliphatic heterocycles. The third-order valence-corrected chi connectivity index (χ3v) is 5.61. The highest BCUT2D eigenvalue weighted by atomic mass is 79.9. The Morgan fingerprint density at radius 2 is 0.933 bits per heavy atom. The van der Waals surface area contributed by atoms with Gasteiger partial charge in [0.25, 0.3) is 0 Å². The van der Waals surface area contributed by atoms with Gasteiger partial charge in [0, 0.05) is 11.4 Å². The topological polar surface area (TPSA) is 133 Å². The van der Waals surface area contributed by atoms with Gasteiger partial charge in [-0.2, -0.15) is 0 Å². The summed E-state index contributed by atoms with van der Waals surface area (Å²) in [5.41, 5.74) is 0.994. The largest absolute Gasteiger partial charge is 0.478 e. The van der Waals surface area contributed by atoms with Gasteiger partial charge >= 0.3 is 11.9 Å². The van der Waals surface area contributed by atoms with Crippen LogP contribution in [-0.2, 0) is 9.59 Å². The minimum atomic E-state index is -1.08. The molecule has 1 aliphatic rings. The van der Waals surface area contributed by atoms with Crippen LogP contribution >= 0.6 is 31.9 Å². The Hall–Kier alpha value is -3.24. The standard InChI is InChI=1S/C20H12Br2N2O6/c21-13-15(23-11-5-1-9(2-6-11)19(27)28)17(25)14(22)16(18(13)26)24-12-7-3-10(4-8-12)20(29)30/h1-8,23-24H,(H,27,28)(H,29,30). The van der Waals surface area contributed by atoms with Crippen LogP contribution in [0.1, 0.15) is 20.7 Å². The van der Waals surface area contributed by atoms with Crippen molar-refractivity contribution in [3.8, 4) is 0 Å². The predicted octanol–water partition coefficient (Wildman–Crippen LogP) is 3.97. The molecule has 4 N–H and O–H groups in total. The number of carbonyl (C=O) groups is 4. The van der Waals surface area contributed by atoms with E-state index in [4.69, 9.17) is 10.2 Å². The van der Waals surface area contributed by atoms with E-state index in [9.17, 15) is 19.2 Å². The molecule has 2 aromatic rings. The van der Waals surface area contributed by atoms with Gasteiger partial charge in [-0.05, 0) is 80.4 Å². The monoisotopic (exact) mass is 534 g/mol. The first-order valence-electron chi connectivity index (χ1n) is 8.28. The van der Waals surface area contributed by atoms with E-state index in [1.807, 2.05) is 0 Å². The molecule has 0 radical (unpaired) electrons. The van der Waals surface area contributed by atoms with Gasteiger partial charge in [-0.1, -0.05) is 0 Å². The molecular weight excluding hydrogens is 524 g/mol. The lowest BCUT2D eigenvalue weighted by atomic mass is 10.0. The summed E-state index contributed by atoms with van der Waals surface area (Å²) in [6.45, 7) is 0. The summed E-state index contributed by atoms with van der Waals surface area (Å²) in [4.78, 5) is 47.5. The Morgan fingerprint density at radius 3 is 1.20 bits per heavy atom. The maximum atomic E-state index is 12.8. The van der Waals surface area contributed by atoms with E-state index in [-0.39, 0.29) is 31.5 Å². The van der Waals surface area contributed by atoms with Gasteiger partial charge < -0.3 is 20.8 Å². The normalized spacial score (nSPS) is 14.1. The van der Waals surface area contributed by atoms with Crippen molar-refractivity contribution in [3.05, 3.63) is 80.0 Å². The number of ketones is 2. The van der Waals surface area contributed by atoms with Gasteiger partial charge in [0.15, 0.2) is 0 Å². The Morgan fingerprint density at radius 1 is 0.633 bits per heavy atom. The Balaban J connectivity index is 1.84. The molecular formula is C20H12Br2N2O6. The fraction of sp³-hybridized carbons (Fsp3) is 0. The second-order valence-corrected chi connectivity index (χ2v) is 7.64. The van der Waals surface area contributed by atoms with Crippen LogP contribution in [0.2, 0.25) is 0 Å². The zero-order valence-corrected chi connectivity index (χ0v) is 18.1. The van der Waals surface area contributed by atoms with Gasteiger partial charge in [-0.3, -0.25) is 9.59 Å². The second kappa shape index (κ2) is 8.64. The lowest BCUT2D eigenvalue weighted by Crippen LogP contribution is -2.27. The van der Waals surface area contributed by atoms with E-state index in [0.717, 1.165) is 0 Å². The zero-order chi connectivity index (χ0) is 22.0. The van der Waals surface area contributed by atoms with Crippen molar-refractivity contribution >= 4 is 66.7 Å². The van der Waals surface area contributed by atoms with Gasteiger partial charge in [0.2, 0.25) is 11.6 Å². The van der Waals surface area contributed by atoms with E-state index in [0.29, 0.717) is 11.4 Å². The highest BCUT2D eigenvalue weighted by Gasteiger charge is 2.33. The SMILES string of the molecule is O=C1C(Br)=C(Nc2ccc(C(=O)O)cc2)C(=O)C(Br)=C1Nc1ccc(C(=O)O)cc1.